The van der Waals surface area contributed by atoms with Crippen molar-refractivity contribution in [2.24, 2.45) is 11.8 Å². The molecule has 3 atom stereocenters. The molecule has 1 aromatic heterocycles. The van der Waals surface area contributed by atoms with Crippen molar-refractivity contribution in [3.63, 3.8) is 0 Å². The maximum Gasteiger partial charge on any atom is 0.181 e. The van der Waals surface area contributed by atoms with Gasteiger partial charge in [-0.2, -0.15) is 0 Å². The molecule has 0 amide bonds. The molecule has 16 heavy (non-hydrogen) atoms. The van der Waals surface area contributed by atoms with Crippen LogP contribution in [0.4, 0.5) is 0 Å². The summed E-state index contributed by atoms with van der Waals surface area (Å²) >= 11 is 0. The van der Waals surface area contributed by atoms with E-state index in [9.17, 15) is 0 Å². The first-order valence-electron chi connectivity index (χ1n) is 6.51. The first-order valence-corrected chi connectivity index (χ1v) is 6.51. The van der Waals surface area contributed by atoms with E-state index in [0.717, 1.165) is 30.6 Å². The number of hydrogen-bond donors (Lipinski definition) is 1. The Morgan fingerprint density at radius 2 is 2.38 bits per heavy atom. The monoisotopic (exact) mass is 220 g/mol. The minimum absolute atomic E-state index is 0.662. The summed E-state index contributed by atoms with van der Waals surface area (Å²) in [6, 6.07) is 0. The van der Waals surface area contributed by atoms with Crippen molar-refractivity contribution in [3.05, 3.63) is 17.8 Å². The fourth-order valence-corrected chi connectivity index (χ4v) is 3.52. The summed E-state index contributed by atoms with van der Waals surface area (Å²) in [5.74, 6) is 3.67. The van der Waals surface area contributed by atoms with E-state index in [2.05, 4.69) is 17.2 Å². The van der Waals surface area contributed by atoms with Crippen molar-refractivity contribution in [1.29, 1.82) is 0 Å². The van der Waals surface area contributed by atoms with Crippen LogP contribution in [0.3, 0.4) is 0 Å². The number of nitrogens with one attached hydrogen (secondary N) is 1. The molecule has 2 aliphatic carbocycles. The van der Waals surface area contributed by atoms with E-state index in [1.807, 2.05) is 0 Å². The van der Waals surface area contributed by atoms with Crippen LogP contribution < -0.4 is 5.32 Å². The van der Waals surface area contributed by atoms with E-state index >= 15 is 0 Å². The Hall–Kier alpha value is -0.830. The zero-order chi connectivity index (χ0) is 11.0. The first-order chi connectivity index (χ1) is 7.88. The van der Waals surface area contributed by atoms with Crippen LogP contribution in [-0.4, -0.2) is 11.5 Å². The number of fused-ring (bicyclic) bond motifs is 2. The summed E-state index contributed by atoms with van der Waals surface area (Å²) in [4.78, 5) is 4.35. The summed E-state index contributed by atoms with van der Waals surface area (Å²) in [7, 11) is 0. The van der Waals surface area contributed by atoms with Gasteiger partial charge in [-0.15, -0.1) is 0 Å². The van der Waals surface area contributed by atoms with Crippen LogP contribution in [0.1, 0.15) is 50.0 Å². The molecule has 1 N–H and O–H groups in total. The normalized spacial score (nSPS) is 32.4. The van der Waals surface area contributed by atoms with Gasteiger partial charge in [0.1, 0.15) is 5.76 Å². The molecule has 2 aliphatic rings. The van der Waals surface area contributed by atoms with Gasteiger partial charge < -0.3 is 9.73 Å². The quantitative estimate of drug-likeness (QED) is 0.847. The molecular formula is C13H20N2O. The lowest BCUT2D eigenvalue weighted by atomic mass is 9.86. The highest BCUT2D eigenvalue weighted by molar-refractivity contribution is 5.17. The van der Waals surface area contributed by atoms with E-state index in [4.69, 9.17) is 4.42 Å². The minimum Gasteiger partial charge on any atom is -0.448 e. The molecule has 2 fully saturated rings. The van der Waals surface area contributed by atoms with Crippen molar-refractivity contribution in [2.45, 2.75) is 45.1 Å². The molecule has 0 radical (unpaired) electrons. The lowest BCUT2D eigenvalue weighted by Gasteiger charge is -2.20. The van der Waals surface area contributed by atoms with Gasteiger partial charge >= 0.3 is 0 Å². The molecule has 3 nitrogen and oxygen atoms in total. The van der Waals surface area contributed by atoms with Crippen LogP contribution in [-0.2, 0) is 6.54 Å². The van der Waals surface area contributed by atoms with E-state index < -0.39 is 0 Å². The van der Waals surface area contributed by atoms with Crippen molar-refractivity contribution in [3.8, 4) is 0 Å². The molecule has 3 unspecified atom stereocenters. The van der Waals surface area contributed by atoms with Crippen LogP contribution >= 0.6 is 0 Å². The molecule has 2 saturated carbocycles. The number of hydrogen-bond acceptors (Lipinski definition) is 3. The predicted octanol–water partition coefficient (Wildman–Crippen LogP) is 2.69. The minimum atomic E-state index is 0.662. The molecule has 0 spiro atoms. The lowest BCUT2D eigenvalue weighted by Crippen LogP contribution is -2.16. The highest BCUT2D eigenvalue weighted by atomic mass is 16.3. The van der Waals surface area contributed by atoms with Gasteiger partial charge in [-0.05, 0) is 37.6 Å². The fraction of sp³-hybridized carbons (Fsp3) is 0.769. The fourth-order valence-electron chi connectivity index (χ4n) is 3.52. The SMILES string of the molecule is CCNCc1ncoc1C1CC2CCC1C2. The number of nitrogens with zero attached hydrogens (tertiary/aromatic N) is 1. The van der Waals surface area contributed by atoms with Crippen LogP contribution in [0.2, 0.25) is 0 Å². The zero-order valence-corrected chi connectivity index (χ0v) is 9.91. The molecule has 1 heterocycles. The topological polar surface area (TPSA) is 38.1 Å². The summed E-state index contributed by atoms with van der Waals surface area (Å²) in [6.45, 7) is 3.97. The van der Waals surface area contributed by atoms with Crippen molar-refractivity contribution >= 4 is 0 Å². The first kappa shape index (κ1) is 10.3. The smallest absolute Gasteiger partial charge is 0.181 e. The highest BCUT2D eigenvalue weighted by Gasteiger charge is 2.42. The number of rotatable bonds is 4. The Balaban J connectivity index is 1.76. The van der Waals surface area contributed by atoms with Gasteiger partial charge in [0, 0.05) is 12.5 Å². The van der Waals surface area contributed by atoms with Gasteiger partial charge in [-0.25, -0.2) is 4.98 Å². The summed E-state index contributed by atoms with van der Waals surface area (Å²) in [6.07, 6.45) is 7.22. The molecule has 0 aliphatic heterocycles. The molecular weight excluding hydrogens is 200 g/mol. The lowest BCUT2D eigenvalue weighted by molar-refractivity contribution is 0.352. The Kier molecular flexibility index (Phi) is 2.72. The summed E-state index contributed by atoms with van der Waals surface area (Å²) in [5, 5.41) is 3.34. The van der Waals surface area contributed by atoms with Gasteiger partial charge in [0.05, 0.1) is 5.69 Å². The zero-order valence-electron chi connectivity index (χ0n) is 9.91. The van der Waals surface area contributed by atoms with Gasteiger partial charge in [-0.3, -0.25) is 0 Å². The Morgan fingerprint density at radius 3 is 3.06 bits per heavy atom. The van der Waals surface area contributed by atoms with E-state index in [1.165, 1.54) is 31.4 Å². The van der Waals surface area contributed by atoms with Crippen molar-refractivity contribution in [1.82, 2.24) is 10.3 Å². The van der Waals surface area contributed by atoms with Crippen LogP contribution in [0, 0.1) is 11.8 Å². The molecule has 3 heteroatoms. The van der Waals surface area contributed by atoms with Gasteiger partial charge in [-0.1, -0.05) is 13.3 Å². The molecule has 88 valence electrons. The molecule has 1 aromatic rings. The Morgan fingerprint density at radius 1 is 1.44 bits per heavy atom. The Bertz CT molecular complexity index is 361. The van der Waals surface area contributed by atoms with Crippen molar-refractivity contribution in [2.75, 3.05) is 6.54 Å². The van der Waals surface area contributed by atoms with Gasteiger partial charge in [0.15, 0.2) is 6.39 Å². The number of oxazole rings is 1. The third-order valence-electron chi connectivity index (χ3n) is 4.29. The van der Waals surface area contributed by atoms with Crippen LogP contribution in [0.25, 0.3) is 0 Å². The van der Waals surface area contributed by atoms with Gasteiger partial charge in [0.25, 0.3) is 0 Å². The maximum atomic E-state index is 5.65. The standard InChI is InChI=1S/C13H20N2O/c1-2-14-7-12-13(16-8-15-12)11-6-9-3-4-10(11)5-9/h8-11,14H,2-7H2,1H3. The summed E-state index contributed by atoms with van der Waals surface area (Å²) < 4.78 is 5.65. The molecule has 0 aromatic carbocycles. The van der Waals surface area contributed by atoms with Crippen LogP contribution in [0.15, 0.2) is 10.8 Å². The molecule has 2 bridgehead atoms. The molecule has 3 rings (SSSR count). The maximum absolute atomic E-state index is 5.65. The second-order valence-corrected chi connectivity index (χ2v) is 5.22. The molecule has 0 saturated heterocycles. The third-order valence-corrected chi connectivity index (χ3v) is 4.29. The number of aromatic nitrogens is 1. The summed E-state index contributed by atoms with van der Waals surface area (Å²) in [5.41, 5.74) is 1.14. The van der Waals surface area contributed by atoms with Crippen LogP contribution in [0.5, 0.6) is 0 Å². The van der Waals surface area contributed by atoms with E-state index in [0.29, 0.717) is 5.92 Å². The van der Waals surface area contributed by atoms with E-state index in [1.54, 1.807) is 6.39 Å². The average molecular weight is 220 g/mol. The average Bonchev–Trinajstić information content (AvgIpc) is 3.01. The third kappa shape index (κ3) is 1.67. The second kappa shape index (κ2) is 4.21. The van der Waals surface area contributed by atoms with E-state index in [-0.39, 0.29) is 0 Å². The predicted molar refractivity (Wildman–Crippen MR) is 62.1 cm³/mol. The highest BCUT2D eigenvalue weighted by Crippen LogP contribution is 2.53. The van der Waals surface area contributed by atoms with Gasteiger partial charge in [0.2, 0.25) is 0 Å². The second-order valence-electron chi connectivity index (χ2n) is 5.22. The van der Waals surface area contributed by atoms with Crippen molar-refractivity contribution < 1.29 is 4.42 Å². The Labute approximate surface area is 96.6 Å². The largest absolute Gasteiger partial charge is 0.448 e.